The molecule has 2 heterocycles. The molecule has 2 unspecified atom stereocenters. The zero-order chi connectivity index (χ0) is 16.5. The van der Waals surface area contributed by atoms with Gasteiger partial charge in [0.05, 0.1) is 12.3 Å². The Morgan fingerprint density at radius 3 is 2.68 bits per heavy atom. The van der Waals surface area contributed by atoms with E-state index in [9.17, 15) is 14.4 Å². The first-order chi connectivity index (χ1) is 10.3. The maximum atomic E-state index is 12.9. The molecular formula is C17H23NO4. The van der Waals surface area contributed by atoms with Crippen LogP contribution >= 0.6 is 0 Å². The van der Waals surface area contributed by atoms with Crippen LogP contribution in [0.3, 0.4) is 0 Å². The van der Waals surface area contributed by atoms with E-state index >= 15 is 0 Å². The summed E-state index contributed by atoms with van der Waals surface area (Å²) in [6.07, 6.45) is 3.17. The molecular weight excluding hydrogens is 282 g/mol. The zero-order valence-electron chi connectivity index (χ0n) is 13.6. The van der Waals surface area contributed by atoms with Crippen molar-refractivity contribution < 1.29 is 19.1 Å². The van der Waals surface area contributed by atoms with Gasteiger partial charge in [-0.2, -0.15) is 0 Å². The van der Waals surface area contributed by atoms with Crippen LogP contribution in [0.5, 0.6) is 0 Å². The Balaban J connectivity index is 2.45. The van der Waals surface area contributed by atoms with E-state index in [0.717, 1.165) is 6.42 Å². The molecule has 2 rings (SSSR count). The van der Waals surface area contributed by atoms with Crippen LogP contribution in [-0.4, -0.2) is 28.7 Å². The molecule has 5 heteroatoms. The Bertz CT molecular complexity index is 602. The molecule has 22 heavy (non-hydrogen) atoms. The second-order valence-corrected chi connectivity index (χ2v) is 6.38. The van der Waals surface area contributed by atoms with Crippen LogP contribution in [0.2, 0.25) is 0 Å². The van der Waals surface area contributed by atoms with Crippen LogP contribution in [0.1, 0.15) is 51.0 Å². The molecule has 0 amide bonds. The SMILES string of the molecule is CCOC(=O)C1C(=O)c2cccn2C(C)(CCC(C)C)C1=O. The maximum Gasteiger partial charge on any atom is 0.324 e. The van der Waals surface area contributed by atoms with Gasteiger partial charge in [-0.25, -0.2) is 0 Å². The summed E-state index contributed by atoms with van der Waals surface area (Å²) >= 11 is 0. The molecule has 1 aliphatic rings. The van der Waals surface area contributed by atoms with Crippen LogP contribution in [0.25, 0.3) is 0 Å². The van der Waals surface area contributed by atoms with E-state index in [0.29, 0.717) is 18.0 Å². The van der Waals surface area contributed by atoms with Crippen LogP contribution in [-0.2, 0) is 19.9 Å². The average molecular weight is 305 g/mol. The lowest BCUT2D eigenvalue weighted by atomic mass is 9.76. The average Bonchev–Trinajstić information content (AvgIpc) is 2.94. The number of carbonyl (C=O) groups excluding carboxylic acids is 3. The van der Waals surface area contributed by atoms with Gasteiger partial charge in [-0.3, -0.25) is 14.4 Å². The van der Waals surface area contributed by atoms with Crippen LogP contribution in [0.15, 0.2) is 18.3 Å². The van der Waals surface area contributed by atoms with Crippen molar-refractivity contribution in [2.24, 2.45) is 11.8 Å². The van der Waals surface area contributed by atoms with E-state index in [1.807, 2.05) is 0 Å². The van der Waals surface area contributed by atoms with E-state index in [4.69, 9.17) is 4.74 Å². The number of hydrogen-bond donors (Lipinski definition) is 0. The molecule has 0 aliphatic carbocycles. The highest BCUT2D eigenvalue weighted by atomic mass is 16.5. The minimum atomic E-state index is -1.33. The third kappa shape index (κ3) is 2.60. The van der Waals surface area contributed by atoms with E-state index in [1.54, 1.807) is 36.7 Å². The molecule has 2 atom stereocenters. The number of aromatic nitrogens is 1. The number of ether oxygens (including phenoxy) is 1. The third-order valence-corrected chi connectivity index (χ3v) is 4.32. The van der Waals surface area contributed by atoms with Crippen molar-refractivity contribution in [2.45, 2.75) is 46.1 Å². The number of carbonyl (C=O) groups is 3. The molecule has 0 fully saturated rings. The molecule has 0 saturated heterocycles. The summed E-state index contributed by atoms with van der Waals surface area (Å²) in [4.78, 5) is 37.5. The third-order valence-electron chi connectivity index (χ3n) is 4.32. The Labute approximate surface area is 130 Å². The fourth-order valence-electron chi connectivity index (χ4n) is 2.96. The highest BCUT2D eigenvalue weighted by Gasteiger charge is 2.51. The maximum absolute atomic E-state index is 12.9. The van der Waals surface area contributed by atoms with Gasteiger partial charge >= 0.3 is 5.97 Å². The first-order valence-corrected chi connectivity index (χ1v) is 7.76. The van der Waals surface area contributed by atoms with E-state index in [2.05, 4.69) is 13.8 Å². The summed E-state index contributed by atoms with van der Waals surface area (Å²) in [7, 11) is 0. The number of hydrogen-bond acceptors (Lipinski definition) is 4. The zero-order valence-corrected chi connectivity index (χ0v) is 13.6. The number of fused-ring (bicyclic) bond motifs is 1. The minimum absolute atomic E-state index is 0.152. The second kappa shape index (κ2) is 6.07. The van der Waals surface area contributed by atoms with Gasteiger partial charge in [-0.05, 0) is 44.7 Å². The van der Waals surface area contributed by atoms with Crippen molar-refractivity contribution in [3.05, 3.63) is 24.0 Å². The molecule has 120 valence electrons. The molecule has 0 aromatic carbocycles. The Morgan fingerprint density at radius 2 is 2.09 bits per heavy atom. The number of Topliss-reactive ketones (excluding diaryl/α,β-unsaturated/α-hetero) is 2. The van der Waals surface area contributed by atoms with Gasteiger partial charge in [-0.1, -0.05) is 13.8 Å². The fraction of sp³-hybridized carbons (Fsp3) is 0.588. The van der Waals surface area contributed by atoms with E-state index in [-0.39, 0.29) is 12.4 Å². The van der Waals surface area contributed by atoms with Gasteiger partial charge in [-0.15, -0.1) is 0 Å². The molecule has 0 saturated carbocycles. The van der Waals surface area contributed by atoms with Crippen molar-refractivity contribution >= 4 is 17.5 Å². The lowest BCUT2D eigenvalue weighted by Gasteiger charge is -2.38. The molecule has 0 radical (unpaired) electrons. The first-order valence-electron chi connectivity index (χ1n) is 7.76. The summed E-state index contributed by atoms with van der Waals surface area (Å²) in [6, 6.07) is 3.40. The number of rotatable bonds is 5. The number of nitrogens with zero attached hydrogens (tertiary/aromatic N) is 1. The van der Waals surface area contributed by atoms with Crippen LogP contribution < -0.4 is 0 Å². The molecule has 1 aliphatic heterocycles. The van der Waals surface area contributed by atoms with E-state index < -0.39 is 23.2 Å². The summed E-state index contributed by atoms with van der Waals surface area (Å²) in [5.74, 6) is -2.46. The number of ketones is 2. The van der Waals surface area contributed by atoms with Gasteiger partial charge < -0.3 is 9.30 Å². The van der Waals surface area contributed by atoms with Gasteiger partial charge in [0.2, 0.25) is 5.78 Å². The molecule has 0 bridgehead atoms. The minimum Gasteiger partial charge on any atom is -0.465 e. The predicted octanol–water partition coefficient (Wildman–Crippen LogP) is 2.58. The molecule has 1 aromatic heterocycles. The molecule has 5 nitrogen and oxygen atoms in total. The lowest BCUT2D eigenvalue weighted by Crippen LogP contribution is -2.53. The summed E-state index contributed by atoms with van der Waals surface area (Å²) in [6.45, 7) is 7.79. The van der Waals surface area contributed by atoms with Crippen LogP contribution in [0, 0.1) is 11.8 Å². The Morgan fingerprint density at radius 1 is 1.41 bits per heavy atom. The van der Waals surface area contributed by atoms with Gasteiger partial charge in [0, 0.05) is 6.20 Å². The molecule has 1 aromatic rings. The number of esters is 1. The van der Waals surface area contributed by atoms with Crippen molar-refractivity contribution in [2.75, 3.05) is 6.61 Å². The summed E-state index contributed by atoms with van der Waals surface area (Å²) in [5, 5.41) is 0. The topological polar surface area (TPSA) is 65.4 Å². The highest BCUT2D eigenvalue weighted by Crippen LogP contribution is 2.36. The Hall–Kier alpha value is -1.91. The Kier molecular flexibility index (Phi) is 4.54. The largest absolute Gasteiger partial charge is 0.465 e. The summed E-state index contributed by atoms with van der Waals surface area (Å²) < 4.78 is 6.66. The predicted molar refractivity (Wildman–Crippen MR) is 81.6 cm³/mol. The normalized spacial score (nSPS) is 24.5. The molecule has 0 spiro atoms. The lowest BCUT2D eigenvalue weighted by molar-refractivity contribution is -0.152. The quantitative estimate of drug-likeness (QED) is 0.619. The second-order valence-electron chi connectivity index (χ2n) is 6.38. The van der Waals surface area contributed by atoms with Crippen LogP contribution in [0.4, 0.5) is 0 Å². The van der Waals surface area contributed by atoms with Crippen molar-refractivity contribution in [3.8, 4) is 0 Å². The standard InChI is InChI=1S/C17H23NO4/c1-5-22-16(21)13-14(19)12-7-6-10-18(12)17(4,15(13)20)9-8-11(2)3/h6-7,10-11,13H,5,8-9H2,1-4H3. The highest BCUT2D eigenvalue weighted by molar-refractivity contribution is 6.25. The first kappa shape index (κ1) is 16.5. The van der Waals surface area contributed by atoms with Gasteiger partial charge in [0.25, 0.3) is 0 Å². The summed E-state index contributed by atoms with van der Waals surface area (Å²) in [5.41, 5.74) is -0.474. The fourth-order valence-corrected chi connectivity index (χ4v) is 2.96. The van der Waals surface area contributed by atoms with Crippen molar-refractivity contribution in [1.82, 2.24) is 4.57 Å². The smallest absolute Gasteiger partial charge is 0.324 e. The van der Waals surface area contributed by atoms with Crippen molar-refractivity contribution in [1.29, 1.82) is 0 Å². The van der Waals surface area contributed by atoms with E-state index in [1.165, 1.54) is 0 Å². The monoisotopic (exact) mass is 305 g/mol. The van der Waals surface area contributed by atoms with Gasteiger partial charge in [0.1, 0.15) is 5.54 Å². The van der Waals surface area contributed by atoms with Gasteiger partial charge in [0.15, 0.2) is 11.7 Å². The molecule has 0 N–H and O–H groups in total. The van der Waals surface area contributed by atoms with Crippen molar-refractivity contribution in [3.63, 3.8) is 0 Å².